The lowest BCUT2D eigenvalue weighted by Gasteiger charge is -2.43. The van der Waals surface area contributed by atoms with Gasteiger partial charge in [-0.3, -0.25) is 29.2 Å². The Labute approximate surface area is 239 Å². The molecule has 2 amide bonds. The van der Waals surface area contributed by atoms with Crippen LogP contribution in [0.3, 0.4) is 0 Å². The molecule has 0 aromatic rings. The molecule has 8 heteroatoms. The van der Waals surface area contributed by atoms with Crippen molar-refractivity contribution in [3.63, 3.8) is 0 Å². The third-order valence-electron chi connectivity index (χ3n) is 10.5. The Morgan fingerprint density at radius 1 is 0.615 bits per heavy atom. The fourth-order valence-corrected chi connectivity index (χ4v) is 6.92. The van der Waals surface area contributed by atoms with Crippen LogP contribution in [0.5, 0.6) is 0 Å². The minimum Gasteiger partial charge on any atom is -0.341 e. The second kappa shape index (κ2) is 14.1. The predicted octanol–water partition coefficient (Wildman–Crippen LogP) is 2.40. The quantitative estimate of drug-likeness (QED) is 0.397. The third kappa shape index (κ3) is 8.40. The van der Waals surface area contributed by atoms with Crippen LogP contribution in [-0.2, 0) is 9.59 Å². The van der Waals surface area contributed by atoms with Crippen molar-refractivity contribution in [2.75, 3.05) is 91.6 Å². The van der Waals surface area contributed by atoms with E-state index in [9.17, 15) is 9.59 Å². The first-order chi connectivity index (χ1) is 18.6. The van der Waals surface area contributed by atoms with Crippen LogP contribution in [0.1, 0.15) is 60.8 Å². The highest BCUT2D eigenvalue weighted by atomic mass is 16.2. The van der Waals surface area contributed by atoms with E-state index < -0.39 is 0 Å². The summed E-state index contributed by atoms with van der Waals surface area (Å²) in [4.78, 5) is 39.6. The largest absolute Gasteiger partial charge is 0.341 e. The smallest absolute Gasteiger partial charge is 0.236 e. The molecular formula is C31H58N6O2. The number of hydrogen-bond donors (Lipinski definition) is 0. The first-order valence-corrected chi connectivity index (χ1v) is 16.1. The summed E-state index contributed by atoms with van der Waals surface area (Å²) in [6.07, 6.45) is 3.61. The molecule has 39 heavy (non-hydrogen) atoms. The number of carbonyl (C=O) groups is 2. The van der Waals surface area contributed by atoms with E-state index in [2.05, 4.69) is 66.0 Å². The van der Waals surface area contributed by atoms with Crippen molar-refractivity contribution < 1.29 is 9.59 Å². The second-order valence-electron chi connectivity index (χ2n) is 13.8. The zero-order valence-electron chi connectivity index (χ0n) is 26.0. The molecule has 3 unspecified atom stereocenters. The van der Waals surface area contributed by atoms with Gasteiger partial charge >= 0.3 is 0 Å². The van der Waals surface area contributed by atoms with Crippen molar-refractivity contribution in [1.82, 2.24) is 29.4 Å². The fourth-order valence-electron chi connectivity index (χ4n) is 6.92. The molecular weight excluding hydrogens is 488 g/mol. The Bertz CT molecular complexity index is 784. The predicted molar refractivity (Wildman–Crippen MR) is 159 cm³/mol. The summed E-state index contributed by atoms with van der Waals surface area (Å²) in [5.74, 6) is 3.32. The molecule has 0 bridgehead atoms. The zero-order chi connectivity index (χ0) is 28.1. The van der Waals surface area contributed by atoms with E-state index in [1.54, 1.807) is 0 Å². The molecule has 224 valence electrons. The van der Waals surface area contributed by atoms with Gasteiger partial charge in [0.2, 0.25) is 11.8 Å². The summed E-state index contributed by atoms with van der Waals surface area (Å²) in [5, 5.41) is 0. The molecule has 4 heterocycles. The van der Waals surface area contributed by atoms with Gasteiger partial charge in [-0.15, -0.1) is 0 Å². The van der Waals surface area contributed by atoms with Gasteiger partial charge in [0.15, 0.2) is 0 Å². The van der Waals surface area contributed by atoms with Gasteiger partial charge in [0, 0.05) is 90.6 Å². The topological polar surface area (TPSA) is 53.6 Å². The molecule has 4 fully saturated rings. The van der Waals surface area contributed by atoms with Crippen LogP contribution < -0.4 is 0 Å². The van der Waals surface area contributed by atoms with Gasteiger partial charge in [-0.2, -0.15) is 0 Å². The summed E-state index contributed by atoms with van der Waals surface area (Å²) in [5.41, 5.74) is 0. The first kappa shape index (κ1) is 30.7. The third-order valence-corrected chi connectivity index (χ3v) is 10.5. The number of piperazine rings is 2. The van der Waals surface area contributed by atoms with Crippen molar-refractivity contribution >= 4 is 11.8 Å². The molecule has 4 aliphatic rings. The maximum atomic E-state index is 13.0. The van der Waals surface area contributed by atoms with Crippen molar-refractivity contribution in [2.24, 2.45) is 23.7 Å². The van der Waals surface area contributed by atoms with E-state index in [1.165, 1.54) is 12.8 Å². The van der Waals surface area contributed by atoms with Gasteiger partial charge in [0.05, 0.1) is 13.1 Å². The van der Waals surface area contributed by atoms with Gasteiger partial charge in [-0.25, -0.2) is 0 Å². The van der Waals surface area contributed by atoms with Crippen LogP contribution in [0, 0.1) is 23.7 Å². The number of hydrogen-bond acceptors (Lipinski definition) is 6. The molecule has 0 radical (unpaired) electrons. The lowest BCUT2D eigenvalue weighted by Crippen LogP contribution is -2.56. The maximum Gasteiger partial charge on any atom is 0.236 e. The normalized spacial score (nSPS) is 26.4. The summed E-state index contributed by atoms with van der Waals surface area (Å²) in [6.45, 7) is 27.1. The Hall–Kier alpha value is -1.22. The molecule has 3 atom stereocenters. The van der Waals surface area contributed by atoms with Crippen LogP contribution in [-0.4, -0.2) is 145 Å². The Kier molecular flexibility index (Phi) is 11.1. The number of carbonyl (C=O) groups excluding carboxylic acids is 2. The SMILES string of the molecule is CC(C)C1CN(C(=O)CN2CCN(C(C)CCC(C)C3CCN(C(=O)CN4CCN(C(C)C)CC4)C3)CC2)C1. The van der Waals surface area contributed by atoms with Crippen LogP contribution in [0.25, 0.3) is 0 Å². The van der Waals surface area contributed by atoms with E-state index in [0.29, 0.717) is 60.7 Å². The first-order valence-electron chi connectivity index (χ1n) is 16.1. The lowest BCUT2D eigenvalue weighted by atomic mass is 9.88. The summed E-state index contributed by atoms with van der Waals surface area (Å²) in [6, 6.07) is 1.18. The van der Waals surface area contributed by atoms with Gasteiger partial charge in [0.25, 0.3) is 0 Å². The fraction of sp³-hybridized carbons (Fsp3) is 0.935. The Morgan fingerprint density at radius 3 is 1.67 bits per heavy atom. The van der Waals surface area contributed by atoms with Crippen molar-refractivity contribution in [2.45, 2.75) is 72.9 Å². The molecule has 0 saturated carbocycles. The van der Waals surface area contributed by atoms with Gasteiger partial charge in [-0.1, -0.05) is 20.8 Å². The molecule has 0 aromatic carbocycles. The van der Waals surface area contributed by atoms with Crippen LogP contribution in [0.15, 0.2) is 0 Å². The zero-order valence-corrected chi connectivity index (χ0v) is 26.0. The highest BCUT2D eigenvalue weighted by molar-refractivity contribution is 5.79. The monoisotopic (exact) mass is 546 g/mol. The number of nitrogens with zero attached hydrogens (tertiary/aromatic N) is 6. The van der Waals surface area contributed by atoms with Crippen molar-refractivity contribution in [1.29, 1.82) is 0 Å². The lowest BCUT2D eigenvalue weighted by molar-refractivity contribution is -0.140. The van der Waals surface area contributed by atoms with E-state index in [0.717, 1.165) is 85.0 Å². The van der Waals surface area contributed by atoms with Crippen molar-refractivity contribution in [3.8, 4) is 0 Å². The maximum absolute atomic E-state index is 13.0. The molecule has 4 saturated heterocycles. The number of likely N-dealkylation sites (tertiary alicyclic amines) is 2. The van der Waals surface area contributed by atoms with E-state index in [1.807, 2.05) is 4.90 Å². The minimum absolute atomic E-state index is 0.319. The van der Waals surface area contributed by atoms with Gasteiger partial charge in [-0.05, 0) is 63.7 Å². The Morgan fingerprint density at radius 2 is 1.13 bits per heavy atom. The average Bonchev–Trinajstić information content (AvgIpc) is 3.37. The Balaban J connectivity index is 1.09. The molecule has 0 aromatic heterocycles. The van der Waals surface area contributed by atoms with Crippen LogP contribution in [0.2, 0.25) is 0 Å². The number of rotatable bonds is 11. The second-order valence-corrected chi connectivity index (χ2v) is 13.8. The van der Waals surface area contributed by atoms with Gasteiger partial charge in [0.1, 0.15) is 0 Å². The number of amides is 2. The van der Waals surface area contributed by atoms with E-state index in [-0.39, 0.29) is 0 Å². The molecule has 0 N–H and O–H groups in total. The van der Waals surface area contributed by atoms with Crippen LogP contribution in [0.4, 0.5) is 0 Å². The van der Waals surface area contributed by atoms with Crippen LogP contribution >= 0.6 is 0 Å². The summed E-state index contributed by atoms with van der Waals surface area (Å²) < 4.78 is 0. The molecule has 0 aliphatic carbocycles. The highest BCUT2D eigenvalue weighted by Gasteiger charge is 2.34. The van der Waals surface area contributed by atoms with Gasteiger partial charge < -0.3 is 9.80 Å². The molecule has 4 aliphatic heterocycles. The molecule has 4 rings (SSSR count). The van der Waals surface area contributed by atoms with E-state index in [4.69, 9.17) is 0 Å². The summed E-state index contributed by atoms with van der Waals surface area (Å²) in [7, 11) is 0. The van der Waals surface area contributed by atoms with E-state index >= 15 is 0 Å². The minimum atomic E-state index is 0.319. The average molecular weight is 547 g/mol. The standard InChI is InChI=1S/C31H58N6O2/c1-24(2)29-20-37(21-29)31(39)23-33-13-17-35(18-14-33)27(6)8-7-26(5)28-9-10-36(19-28)30(38)22-32-11-15-34(16-12-32)25(3)4/h24-29H,7-23H2,1-6H3. The molecule has 8 nitrogen and oxygen atoms in total. The summed E-state index contributed by atoms with van der Waals surface area (Å²) >= 11 is 0. The van der Waals surface area contributed by atoms with Crippen molar-refractivity contribution in [3.05, 3.63) is 0 Å². The highest BCUT2D eigenvalue weighted by Crippen LogP contribution is 2.29. The molecule has 0 spiro atoms.